The van der Waals surface area contributed by atoms with E-state index in [1.165, 1.54) is 24.3 Å². The topological polar surface area (TPSA) is 125 Å². The Morgan fingerprint density at radius 2 is 1.49 bits per heavy atom. The molecule has 0 heterocycles. The molecule has 3 aromatic rings. The van der Waals surface area contributed by atoms with Crippen molar-refractivity contribution in [2.75, 3.05) is 13.2 Å². The van der Waals surface area contributed by atoms with Crippen molar-refractivity contribution in [1.29, 1.82) is 0 Å². The molecule has 0 aliphatic carbocycles. The number of nitrogens with zero attached hydrogens (tertiary/aromatic N) is 1. The molecule has 1 N–H and O–H groups in total. The zero-order valence-corrected chi connectivity index (χ0v) is 21.8. The van der Waals surface area contributed by atoms with Gasteiger partial charge in [0.15, 0.2) is 0 Å². The molecule has 0 aliphatic heterocycles. The molecule has 9 nitrogen and oxygen atoms in total. The van der Waals surface area contributed by atoms with Crippen molar-refractivity contribution in [2.24, 2.45) is 0 Å². The summed E-state index contributed by atoms with van der Waals surface area (Å²) in [5, 5.41) is 20.5. The molecule has 0 fully saturated rings. The highest BCUT2D eigenvalue weighted by atomic mass is 16.6. The summed E-state index contributed by atoms with van der Waals surface area (Å²) in [6, 6.07) is 18.0. The van der Waals surface area contributed by atoms with Crippen LogP contribution in [0.2, 0.25) is 0 Å². The number of hydrogen-bond acceptors (Lipinski definition) is 7. The van der Waals surface area contributed by atoms with Gasteiger partial charge in [0.2, 0.25) is 5.75 Å². The third-order valence-corrected chi connectivity index (χ3v) is 5.89. The first-order valence-corrected chi connectivity index (χ1v) is 12.7. The molecule has 3 aromatic carbocycles. The standard InChI is InChI=1S/C30H31NO8/c1-3-37-25-14-9-22(10-15-25)24-13-18-28(27(20-24)31(35)36)39-30(34)23-11-16-26(17-12-23)38-19-7-5-4-6-8-21(2)29(32)33/h9-18,20H,2-8,19H2,1H3,(H,32,33). The van der Waals surface area contributed by atoms with Crippen molar-refractivity contribution in [3.63, 3.8) is 0 Å². The van der Waals surface area contributed by atoms with Crippen molar-refractivity contribution < 1.29 is 33.8 Å². The van der Waals surface area contributed by atoms with Crippen molar-refractivity contribution in [2.45, 2.75) is 39.0 Å². The molecule has 0 saturated heterocycles. The van der Waals surface area contributed by atoms with E-state index in [1.54, 1.807) is 42.5 Å². The number of unbranched alkanes of at least 4 members (excludes halogenated alkanes) is 3. The molecule has 0 radical (unpaired) electrons. The summed E-state index contributed by atoms with van der Waals surface area (Å²) < 4.78 is 16.5. The molecule has 39 heavy (non-hydrogen) atoms. The number of rotatable bonds is 15. The molecule has 0 aromatic heterocycles. The molecular weight excluding hydrogens is 502 g/mol. The van der Waals surface area contributed by atoms with E-state index in [0.29, 0.717) is 36.7 Å². The van der Waals surface area contributed by atoms with Gasteiger partial charge in [-0.3, -0.25) is 10.1 Å². The van der Waals surface area contributed by atoms with Crippen LogP contribution in [-0.4, -0.2) is 35.2 Å². The lowest BCUT2D eigenvalue weighted by molar-refractivity contribution is -0.385. The summed E-state index contributed by atoms with van der Waals surface area (Å²) in [4.78, 5) is 34.5. The average Bonchev–Trinajstić information content (AvgIpc) is 2.93. The third-order valence-electron chi connectivity index (χ3n) is 5.89. The van der Waals surface area contributed by atoms with E-state index < -0.39 is 16.9 Å². The van der Waals surface area contributed by atoms with Gasteiger partial charge in [0.05, 0.1) is 23.7 Å². The lowest BCUT2D eigenvalue weighted by Crippen LogP contribution is -2.10. The highest BCUT2D eigenvalue weighted by Crippen LogP contribution is 2.33. The lowest BCUT2D eigenvalue weighted by Gasteiger charge is -2.09. The van der Waals surface area contributed by atoms with Crippen LogP contribution in [-0.2, 0) is 4.79 Å². The van der Waals surface area contributed by atoms with Gasteiger partial charge < -0.3 is 19.3 Å². The van der Waals surface area contributed by atoms with Crippen LogP contribution in [0.25, 0.3) is 11.1 Å². The van der Waals surface area contributed by atoms with E-state index >= 15 is 0 Å². The molecule has 0 atom stereocenters. The predicted octanol–water partition coefficient (Wildman–Crippen LogP) is 6.85. The number of nitro groups is 1. The SMILES string of the molecule is C=C(CCCCCCOc1ccc(C(=O)Oc2ccc(-c3ccc(OCC)cc3)cc2[N+](=O)[O-])cc1)C(=O)O. The molecule has 0 spiro atoms. The molecule has 0 bridgehead atoms. The monoisotopic (exact) mass is 533 g/mol. The van der Waals surface area contributed by atoms with E-state index in [0.717, 1.165) is 31.2 Å². The third kappa shape index (κ3) is 8.70. The second-order valence-corrected chi connectivity index (χ2v) is 8.73. The Morgan fingerprint density at radius 3 is 2.13 bits per heavy atom. The summed E-state index contributed by atoms with van der Waals surface area (Å²) in [6.45, 7) is 6.42. The molecule has 3 rings (SSSR count). The number of benzene rings is 3. The van der Waals surface area contributed by atoms with Crippen LogP contribution in [0.4, 0.5) is 5.69 Å². The fourth-order valence-electron chi connectivity index (χ4n) is 3.77. The van der Waals surface area contributed by atoms with Gasteiger partial charge in [-0.2, -0.15) is 0 Å². The fourth-order valence-corrected chi connectivity index (χ4v) is 3.77. The average molecular weight is 534 g/mol. The maximum Gasteiger partial charge on any atom is 0.343 e. The summed E-state index contributed by atoms with van der Waals surface area (Å²) in [5.41, 5.74) is 1.50. The first-order valence-electron chi connectivity index (χ1n) is 12.7. The molecule has 0 saturated carbocycles. The van der Waals surface area contributed by atoms with Crippen molar-refractivity contribution >= 4 is 17.6 Å². The molecule has 9 heteroatoms. The van der Waals surface area contributed by atoms with Crippen molar-refractivity contribution in [3.05, 3.63) is 94.6 Å². The normalized spacial score (nSPS) is 10.5. The van der Waals surface area contributed by atoms with Gasteiger partial charge in [0.1, 0.15) is 11.5 Å². The Kier molecular flexibility index (Phi) is 10.6. The molecule has 204 valence electrons. The zero-order chi connectivity index (χ0) is 28.2. The second kappa shape index (κ2) is 14.3. The largest absolute Gasteiger partial charge is 0.494 e. The summed E-state index contributed by atoms with van der Waals surface area (Å²) in [6.07, 6.45) is 3.83. The molecule has 0 aliphatic rings. The van der Waals surface area contributed by atoms with Gasteiger partial charge in [0, 0.05) is 11.6 Å². The van der Waals surface area contributed by atoms with Crippen LogP contribution in [0.5, 0.6) is 17.2 Å². The Bertz CT molecular complexity index is 1300. The van der Waals surface area contributed by atoms with Gasteiger partial charge in [-0.25, -0.2) is 9.59 Å². The summed E-state index contributed by atoms with van der Waals surface area (Å²) >= 11 is 0. The smallest absolute Gasteiger partial charge is 0.343 e. The second-order valence-electron chi connectivity index (χ2n) is 8.73. The Hall–Kier alpha value is -4.66. The minimum atomic E-state index is -0.957. The van der Waals surface area contributed by atoms with E-state index in [2.05, 4.69) is 6.58 Å². The Balaban J connectivity index is 1.53. The highest BCUT2D eigenvalue weighted by Gasteiger charge is 2.20. The predicted molar refractivity (Wildman–Crippen MR) is 146 cm³/mol. The lowest BCUT2D eigenvalue weighted by atomic mass is 10.0. The van der Waals surface area contributed by atoms with Gasteiger partial charge >= 0.3 is 17.6 Å². The van der Waals surface area contributed by atoms with E-state index in [4.69, 9.17) is 19.3 Å². The Morgan fingerprint density at radius 1 is 0.872 bits per heavy atom. The number of hydrogen-bond donors (Lipinski definition) is 1. The van der Waals surface area contributed by atoms with Crippen LogP contribution in [0.1, 0.15) is 49.4 Å². The van der Waals surface area contributed by atoms with Gasteiger partial charge in [0.25, 0.3) is 0 Å². The first kappa shape index (κ1) is 28.9. The number of nitro benzene ring substituents is 1. The van der Waals surface area contributed by atoms with Gasteiger partial charge in [-0.1, -0.05) is 37.6 Å². The van der Waals surface area contributed by atoms with Crippen LogP contribution in [0.15, 0.2) is 78.9 Å². The number of carboxylic acid groups (broad SMARTS) is 1. The zero-order valence-electron chi connectivity index (χ0n) is 21.8. The minimum absolute atomic E-state index is 0.146. The maximum atomic E-state index is 12.7. The van der Waals surface area contributed by atoms with E-state index in [9.17, 15) is 19.7 Å². The van der Waals surface area contributed by atoms with Crippen LogP contribution < -0.4 is 14.2 Å². The number of carbonyl (C=O) groups is 2. The van der Waals surface area contributed by atoms with Crippen LogP contribution >= 0.6 is 0 Å². The van der Waals surface area contributed by atoms with Crippen LogP contribution in [0.3, 0.4) is 0 Å². The van der Waals surface area contributed by atoms with Crippen molar-refractivity contribution in [3.8, 4) is 28.4 Å². The Labute approximate surface area is 226 Å². The van der Waals surface area contributed by atoms with Crippen molar-refractivity contribution in [1.82, 2.24) is 0 Å². The summed E-state index contributed by atoms with van der Waals surface area (Å²) in [5.74, 6) is -0.540. The number of esters is 1. The number of carboxylic acids is 1. The highest BCUT2D eigenvalue weighted by molar-refractivity contribution is 5.92. The summed E-state index contributed by atoms with van der Waals surface area (Å²) in [7, 11) is 0. The van der Waals surface area contributed by atoms with Crippen LogP contribution in [0, 0.1) is 10.1 Å². The molecule has 0 unspecified atom stereocenters. The number of ether oxygens (including phenoxy) is 3. The van der Waals surface area contributed by atoms with E-state index in [1.807, 2.05) is 6.92 Å². The fraction of sp³-hybridized carbons (Fsp3) is 0.267. The first-order chi connectivity index (χ1) is 18.8. The van der Waals surface area contributed by atoms with E-state index in [-0.39, 0.29) is 22.6 Å². The maximum absolute atomic E-state index is 12.7. The number of carbonyl (C=O) groups excluding carboxylic acids is 1. The quantitative estimate of drug-likeness (QED) is 0.0561. The number of aliphatic carboxylic acids is 1. The minimum Gasteiger partial charge on any atom is -0.494 e. The molecular formula is C30H31NO8. The van der Waals surface area contributed by atoms with Gasteiger partial charge in [-0.05, 0) is 79.8 Å². The molecule has 0 amide bonds. The van der Waals surface area contributed by atoms with Gasteiger partial charge in [-0.15, -0.1) is 0 Å².